The maximum absolute atomic E-state index is 13.5. The second-order valence-electron chi connectivity index (χ2n) is 8.59. The van der Waals surface area contributed by atoms with Gasteiger partial charge in [0.05, 0.1) is 6.57 Å². The predicted molar refractivity (Wildman–Crippen MR) is 115 cm³/mol. The Kier molecular flexibility index (Phi) is 4.11. The van der Waals surface area contributed by atoms with Gasteiger partial charge in [0.15, 0.2) is 17.2 Å². The zero-order valence-corrected chi connectivity index (χ0v) is 17.0. The van der Waals surface area contributed by atoms with Crippen molar-refractivity contribution >= 4 is 17.6 Å². The summed E-state index contributed by atoms with van der Waals surface area (Å²) >= 11 is 0. The van der Waals surface area contributed by atoms with Gasteiger partial charge < -0.3 is 10.5 Å². The van der Waals surface area contributed by atoms with E-state index in [9.17, 15) is 4.79 Å². The van der Waals surface area contributed by atoms with Crippen LogP contribution in [0.5, 0.6) is 5.75 Å². The molecule has 3 aliphatic rings. The molecule has 2 N–H and O–H groups in total. The molecule has 1 atom stereocenters. The van der Waals surface area contributed by atoms with Crippen molar-refractivity contribution in [3.05, 3.63) is 59.4 Å². The van der Waals surface area contributed by atoms with E-state index in [0.717, 1.165) is 42.4 Å². The van der Waals surface area contributed by atoms with Gasteiger partial charge in [-0.15, -0.1) is 0 Å². The van der Waals surface area contributed by atoms with Crippen molar-refractivity contribution in [2.45, 2.75) is 49.7 Å². The van der Waals surface area contributed by atoms with Gasteiger partial charge in [-0.25, -0.2) is 9.84 Å². The quantitative estimate of drug-likeness (QED) is 0.723. The molecule has 2 heterocycles. The molecule has 2 aromatic rings. The minimum absolute atomic E-state index is 0.0958. The maximum atomic E-state index is 13.5. The van der Waals surface area contributed by atoms with Gasteiger partial charge in [-0.3, -0.25) is 9.69 Å². The smallest absolute Gasteiger partial charge is 0.261 e. The number of hydrogen-bond acceptors (Lipinski definition) is 4. The Morgan fingerprint density at radius 3 is 2.60 bits per heavy atom. The third kappa shape index (κ3) is 2.69. The van der Waals surface area contributed by atoms with Gasteiger partial charge in [0, 0.05) is 19.0 Å². The predicted octanol–water partition coefficient (Wildman–Crippen LogP) is 4.37. The first kappa shape index (κ1) is 18.7. The molecule has 1 saturated carbocycles. The standard InChI is InChI=1S/C24H24N4O2/c1-26-18-8-6-7-16(13-18)17-9-10-20-19(14-17)24(21(29)28(2)22(25)27-24)15-23(30-20)11-4-3-5-12-23/h6-10,13-14H,3-5,11-12,15H2,2H3,(H2,25,27). The Labute approximate surface area is 176 Å². The second-order valence-corrected chi connectivity index (χ2v) is 8.59. The van der Waals surface area contributed by atoms with Gasteiger partial charge >= 0.3 is 0 Å². The molecular weight excluding hydrogens is 376 g/mol. The second kappa shape index (κ2) is 6.60. The van der Waals surface area contributed by atoms with Gasteiger partial charge in [0.25, 0.3) is 5.91 Å². The van der Waals surface area contributed by atoms with E-state index in [1.54, 1.807) is 13.1 Å². The number of benzene rings is 2. The molecular formula is C24H24N4O2. The molecule has 1 amide bonds. The van der Waals surface area contributed by atoms with Crippen molar-refractivity contribution in [2.24, 2.45) is 10.7 Å². The number of amides is 1. The van der Waals surface area contributed by atoms with Crippen molar-refractivity contribution in [3.63, 3.8) is 0 Å². The monoisotopic (exact) mass is 400 g/mol. The minimum Gasteiger partial charge on any atom is -0.487 e. The van der Waals surface area contributed by atoms with Crippen LogP contribution in [0, 0.1) is 6.57 Å². The molecule has 1 aliphatic carbocycles. The third-order valence-electron chi connectivity index (χ3n) is 6.71. The van der Waals surface area contributed by atoms with Crippen LogP contribution in [0.2, 0.25) is 0 Å². The highest BCUT2D eigenvalue weighted by Gasteiger charge is 2.58. The molecule has 2 spiro atoms. The molecule has 1 fully saturated rings. The summed E-state index contributed by atoms with van der Waals surface area (Å²) in [5, 5.41) is 0. The Morgan fingerprint density at radius 2 is 1.90 bits per heavy atom. The van der Waals surface area contributed by atoms with Crippen LogP contribution >= 0.6 is 0 Å². The van der Waals surface area contributed by atoms with Crippen molar-refractivity contribution in [1.82, 2.24) is 4.90 Å². The minimum atomic E-state index is -1.04. The average molecular weight is 400 g/mol. The van der Waals surface area contributed by atoms with E-state index in [1.807, 2.05) is 36.4 Å². The van der Waals surface area contributed by atoms with Gasteiger partial charge in [0.2, 0.25) is 0 Å². The highest BCUT2D eigenvalue weighted by atomic mass is 16.5. The molecule has 30 heavy (non-hydrogen) atoms. The van der Waals surface area contributed by atoms with Crippen LogP contribution in [-0.2, 0) is 10.3 Å². The number of guanidine groups is 1. The molecule has 0 bridgehead atoms. The van der Waals surface area contributed by atoms with E-state index < -0.39 is 5.54 Å². The summed E-state index contributed by atoms with van der Waals surface area (Å²) in [6.07, 6.45) is 5.75. The molecule has 2 aliphatic heterocycles. The summed E-state index contributed by atoms with van der Waals surface area (Å²) < 4.78 is 6.57. The number of carbonyl (C=O) groups excluding carboxylic acids is 1. The van der Waals surface area contributed by atoms with Gasteiger partial charge in [-0.05, 0) is 55.0 Å². The Balaban J connectivity index is 1.68. The van der Waals surface area contributed by atoms with E-state index >= 15 is 0 Å². The SMILES string of the molecule is [C-]#[N+]c1cccc(-c2ccc3c(c2)C2(CC4(CCCCC4)O3)N=C(N)N(C)C2=O)c1. The first-order chi connectivity index (χ1) is 14.5. The van der Waals surface area contributed by atoms with Crippen molar-refractivity contribution in [1.29, 1.82) is 0 Å². The Hall–Kier alpha value is -3.33. The van der Waals surface area contributed by atoms with E-state index in [0.29, 0.717) is 17.9 Å². The van der Waals surface area contributed by atoms with E-state index in [-0.39, 0.29) is 17.5 Å². The molecule has 0 saturated heterocycles. The summed E-state index contributed by atoms with van der Waals surface area (Å²) in [4.78, 5) is 23.2. The van der Waals surface area contributed by atoms with Crippen LogP contribution < -0.4 is 10.5 Å². The number of fused-ring (bicyclic) bond motifs is 2. The molecule has 6 nitrogen and oxygen atoms in total. The molecule has 5 rings (SSSR count). The van der Waals surface area contributed by atoms with Gasteiger partial charge in [0.1, 0.15) is 11.4 Å². The molecule has 0 aromatic heterocycles. The summed E-state index contributed by atoms with van der Waals surface area (Å²) in [7, 11) is 1.68. The fourth-order valence-electron chi connectivity index (χ4n) is 5.17. The molecule has 6 heteroatoms. The van der Waals surface area contributed by atoms with Crippen molar-refractivity contribution in [2.75, 3.05) is 7.05 Å². The number of aliphatic imine (C=N–C) groups is 1. The van der Waals surface area contributed by atoms with Crippen LogP contribution in [0.15, 0.2) is 47.5 Å². The highest BCUT2D eigenvalue weighted by molar-refractivity contribution is 6.07. The van der Waals surface area contributed by atoms with Crippen LogP contribution in [0.3, 0.4) is 0 Å². The lowest BCUT2D eigenvalue weighted by Crippen LogP contribution is -2.52. The molecule has 0 radical (unpaired) electrons. The summed E-state index contributed by atoms with van der Waals surface area (Å²) in [5.41, 5.74) is 7.90. The fraction of sp³-hybridized carbons (Fsp3) is 0.375. The number of ether oxygens (including phenoxy) is 1. The fourth-order valence-corrected chi connectivity index (χ4v) is 5.17. The van der Waals surface area contributed by atoms with E-state index in [2.05, 4.69) is 4.85 Å². The van der Waals surface area contributed by atoms with E-state index in [4.69, 9.17) is 22.0 Å². The molecule has 152 valence electrons. The number of hydrogen-bond donors (Lipinski definition) is 1. The number of rotatable bonds is 1. The summed E-state index contributed by atoms with van der Waals surface area (Å²) in [6.45, 7) is 7.29. The third-order valence-corrected chi connectivity index (χ3v) is 6.71. The van der Waals surface area contributed by atoms with Crippen molar-refractivity contribution in [3.8, 4) is 16.9 Å². The van der Waals surface area contributed by atoms with Crippen LogP contribution in [0.25, 0.3) is 16.0 Å². The maximum Gasteiger partial charge on any atom is 0.261 e. The largest absolute Gasteiger partial charge is 0.487 e. The lowest BCUT2D eigenvalue weighted by atomic mass is 9.70. The Morgan fingerprint density at radius 1 is 1.13 bits per heavy atom. The first-order valence-electron chi connectivity index (χ1n) is 10.4. The number of nitrogens with two attached hydrogens (primary N) is 1. The first-order valence-corrected chi connectivity index (χ1v) is 10.4. The van der Waals surface area contributed by atoms with Gasteiger partial charge in [-0.2, -0.15) is 0 Å². The number of likely N-dealkylation sites (N-methyl/N-ethyl adjacent to an activating group) is 1. The summed E-state index contributed by atoms with van der Waals surface area (Å²) in [6, 6.07) is 13.4. The average Bonchev–Trinajstić information content (AvgIpc) is 2.98. The normalized spacial score (nSPS) is 24.3. The lowest BCUT2D eigenvalue weighted by Gasteiger charge is -2.47. The highest BCUT2D eigenvalue weighted by Crippen LogP contribution is 2.53. The van der Waals surface area contributed by atoms with Crippen LogP contribution in [0.4, 0.5) is 5.69 Å². The molecule has 2 aromatic carbocycles. The lowest BCUT2D eigenvalue weighted by molar-refractivity contribution is -0.135. The van der Waals surface area contributed by atoms with E-state index in [1.165, 1.54) is 11.3 Å². The Bertz CT molecular complexity index is 1110. The number of carbonyl (C=O) groups is 1. The summed E-state index contributed by atoms with van der Waals surface area (Å²) in [5.74, 6) is 0.870. The zero-order valence-electron chi connectivity index (χ0n) is 17.0. The van der Waals surface area contributed by atoms with Gasteiger partial charge in [-0.1, -0.05) is 30.7 Å². The van der Waals surface area contributed by atoms with Crippen LogP contribution in [0.1, 0.15) is 44.1 Å². The number of nitrogens with zero attached hydrogens (tertiary/aromatic N) is 3. The molecule has 1 unspecified atom stereocenters. The zero-order chi connectivity index (χ0) is 20.9. The topological polar surface area (TPSA) is 72.3 Å². The van der Waals surface area contributed by atoms with Crippen LogP contribution in [-0.4, -0.2) is 29.4 Å². The van der Waals surface area contributed by atoms with Crippen molar-refractivity contribution < 1.29 is 9.53 Å².